The number of carbonyl (C=O) groups excluding carboxylic acids is 1. The van der Waals surface area contributed by atoms with Gasteiger partial charge in [0.15, 0.2) is 5.79 Å². The Hall–Kier alpha value is -1.73. The Morgan fingerprint density at radius 1 is 1.21 bits per heavy atom. The van der Waals surface area contributed by atoms with Crippen LogP contribution in [0.15, 0.2) is 6.07 Å². The van der Waals surface area contributed by atoms with E-state index in [0.717, 1.165) is 5.69 Å². The van der Waals surface area contributed by atoms with Crippen LogP contribution in [0, 0.1) is 6.92 Å². The van der Waals surface area contributed by atoms with Gasteiger partial charge in [-0.15, -0.1) is 0 Å². The molecule has 2 aliphatic rings. The number of nitrogens with zero attached hydrogens (tertiary/aromatic N) is 3. The number of carbonyl (C=O) groups is 1. The molecule has 24 heavy (non-hydrogen) atoms. The fraction of sp³-hybridized carbons (Fsp3) is 0.706. The molecule has 0 unspecified atom stereocenters. The number of amides is 1. The van der Waals surface area contributed by atoms with E-state index in [9.17, 15) is 4.79 Å². The third-order valence-corrected chi connectivity index (χ3v) is 4.19. The van der Waals surface area contributed by atoms with Gasteiger partial charge in [0, 0.05) is 37.2 Å². The second kappa shape index (κ2) is 6.29. The van der Waals surface area contributed by atoms with E-state index in [1.54, 1.807) is 6.07 Å². The Morgan fingerprint density at radius 3 is 2.42 bits per heavy atom. The summed E-state index contributed by atoms with van der Waals surface area (Å²) in [6, 6.07) is 1.74. The van der Waals surface area contributed by atoms with Crippen LogP contribution in [-0.4, -0.2) is 58.4 Å². The number of aromatic nitrogens is 2. The van der Waals surface area contributed by atoms with Crippen molar-refractivity contribution < 1.29 is 14.3 Å². The van der Waals surface area contributed by atoms with Crippen molar-refractivity contribution in [1.82, 2.24) is 14.9 Å². The first kappa shape index (κ1) is 17.1. The Balaban J connectivity index is 1.71. The third-order valence-electron chi connectivity index (χ3n) is 4.19. The Kier molecular flexibility index (Phi) is 4.48. The van der Waals surface area contributed by atoms with Crippen LogP contribution in [0.3, 0.4) is 0 Å². The lowest BCUT2D eigenvalue weighted by Gasteiger charge is -2.37. The first-order valence-corrected chi connectivity index (χ1v) is 8.47. The van der Waals surface area contributed by atoms with Crippen LogP contribution in [0.5, 0.6) is 0 Å². The van der Waals surface area contributed by atoms with Gasteiger partial charge in [0.05, 0.1) is 13.2 Å². The molecule has 7 nitrogen and oxygen atoms in total. The predicted molar refractivity (Wildman–Crippen MR) is 89.9 cm³/mol. The smallest absolute Gasteiger partial charge is 0.272 e. The second-order valence-corrected chi connectivity index (χ2v) is 7.49. The summed E-state index contributed by atoms with van der Waals surface area (Å²) in [4.78, 5) is 23.4. The van der Waals surface area contributed by atoms with Crippen molar-refractivity contribution in [2.45, 2.75) is 51.9 Å². The van der Waals surface area contributed by atoms with Gasteiger partial charge in [0.25, 0.3) is 5.91 Å². The highest BCUT2D eigenvalue weighted by molar-refractivity contribution is 5.92. The van der Waals surface area contributed by atoms with Gasteiger partial charge in [-0.1, -0.05) is 0 Å². The lowest BCUT2D eigenvalue weighted by molar-refractivity contribution is -0.181. The zero-order valence-electron chi connectivity index (χ0n) is 14.9. The first-order valence-electron chi connectivity index (χ1n) is 8.47. The number of likely N-dealkylation sites (tertiary alicyclic amines) is 1. The van der Waals surface area contributed by atoms with Crippen molar-refractivity contribution in [2.75, 3.05) is 31.6 Å². The molecule has 2 saturated heterocycles. The molecule has 2 fully saturated rings. The largest absolute Gasteiger partial charge is 0.350 e. The molecule has 2 aliphatic heterocycles. The van der Waals surface area contributed by atoms with Gasteiger partial charge in [-0.25, -0.2) is 9.97 Å². The topological polar surface area (TPSA) is 76.6 Å². The highest BCUT2D eigenvalue weighted by Crippen LogP contribution is 2.31. The van der Waals surface area contributed by atoms with E-state index in [-0.39, 0.29) is 11.4 Å². The summed E-state index contributed by atoms with van der Waals surface area (Å²) in [5.41, 5.74) is 1.04. The number of aryl methyl sites for hydroxylation is 1. The molecule has 3 heterocycles. The Morgan fingerprint density at radius 2 is 1.83 bits per heavy atom. The van der Waals surface area contributed by atoms with Crippen molar-refractivity contribution in [3.63, 3.8) is 0 Å². The minimum atomic E-state index is -0.475. The van der Waals surface area contributed by atoms with E-state index in [2.05, 4.69) is 15.3 Å². The maximum atomic E-state index is 12.8. The Labute approximate surface area is 142 Å². The van der Waals surface area contributed by atoms with Gasteiger partial charge in [0.2, 0.25) is 5.95 Å². The summed E-state index contributed by atoms with van der Waals surface area (Å²) in [6.07, 6.45) is 1.41. The Bertz CT molecular complexity index is 611. The van der Waals surface area contributed by atoms with Gasteiger partial charge in [-0.05, 0) is 33.8 Å². The second-order valence-electron chi connectivity index (χ2n) is 7.49. The standard InChI is InChI=1S/C17H26N4O3/c1-12-11-13(19-15(18-12)20-16(2,3)4)14(22)21-7-5-17(6-8-21)23-9-10-24-17/h11H,5-10H2,1-4H3,(H,18,19,20). The molecular weight excluding hydrogens is 308 g/mol. The predicted octanol–water partition coefficient (Wildman–Crippen LogP) is 1.97. The molecule has 1 spiro atoms. The lowest BCUT2D eigenvalue weighted by Crippen LogP contribution is -2.47. The maximum absolute atomic E-state index is 12.8. The van der Waals surface area contributed by atoms with E-state index >= 15 is 0 Å². The number of nitrogens with one attached hydrogen (secondary N) is 1. The number of hydrogen-bond acceptors (Lipinski definition) is 6. The SMILES string of the molecule is Cc1cc(C(=O)N2CCC3(CC2)OCCO3)nc(NC(C)(C)C)n1. The number of anilines is 1. The number of ether oxygens (including phenoxy) is 2. The first-order chi connectivity index (χ1) is 11.3. The molecule has 1 amide bonds. The highest BCUT2D eigenvalue weighted by atomic mass is 16.7. The van der Waals surface area contributed by atoms with Crippen LogP contribution in [0.4, 0.5) is 5.95 Å². The van der Waals surface area contributed by atoms with Gasteiger partial charge < -0.3 is 19.7 Å². The molecule has 1 aromatic rings. The molecular formula is C17H26N4O3. The fourth-order valence-electron chi connectivity index (χ4n) is 3.07. The van der Waals surface area contributed by atoms with E-state index in [1.807, 2.05) is 32.6 Å². The summed E-state index contributed by atoms with van der Waals surface area (Å²) in [5, 5.41) is 3.23. The fourth-order valence-corrected chi connectivity index (χ4v) is 3.07. The quantitative estimate of drug-likeness (QED) is 0.891. The van der Waals surface area contributed by atoms with Crippen molar-refractivity contribution >= 4 is 11.9 Å². The van der Waals surface area contributed by atoms with Crippen molar-refractivity contribution in [2.24, 2.45) is 0 Å². The molecule has 0 atom stereocenters. The van der Waals surface area contributed by atoms with Crippen LogP contribution >= 0.6 is 0 Å². The summed E-state index contributed by atoms with van der Waals surface area (Å²) >= 11 is 0. The molecule has 0 bridgehead atoms. The maximum Gasteiger partial charge on any atom is 0.272 e. The van der Waals surface area contributed by atoms with Crippen LogP contribution < -0.4 is 5.32 Å². The molecule has 1 N–H and O–H groups in total. The van der Waals surface area contributed by atoms with E-state index < -0.39 is 5.79 Å². The van der Waals surface area contributed by atoms with Crippen LogP contribution in [0.25, 0.3) is 0 Å². The van der Waals surface area contributed by atoms with Crippen molar-refractivity contribution in [3.05, 3.63) is 17.5 Å². The number of rotatable bonds is 2. The minimum Gasteiger partial charge on any atom is -0.350 e. The van der Waals surface area contributed by atoms with E-state index in [4.69, 9.17) is 9.47 Å². The molecule has 1 aromatic heterocycles. The van der Waals surface area contributed by atoms with Crippen molar-refractivity contribution in [1.29, 1.82) is 0 Å². The summed E-state index contributed by atoms with van der Waals surface area (Å²) in [5.74, 6) is -0.0516. The van der Waals surface area contributed by atoms with Gasteiger partial charge in [-0.3, -0.25) is 4.79 Å². The summed E-state index contributed by atoms with van der Waals surface area (Å²) in [6.45, 7) is 10.5. The molecule has 0 aromatic carbocycles. The summed E-state index contributed by atoms with van der Waals surface area (Å²) < 4.78 is 11.4. The van der Waals surface area contributed by atoms with Crippen LogP contribution in [0.2, 0.25) is 0 Å². The van der Waals surface area contributed by atoms with Gasteiger partial charge in [-0.2, -0.15) is 0 Å². The third kappa shape index (κ3) is 3.84. The van der Waals surface area contributed by atoms with Crippen molar-refractivity contribution in [3.8, 4) is 0 Å². The highest BCUT2D eigenvalue weighted by Gasteiger charge is 2.41. The molecule has 0 aliphatic carbocycles. The molecule has 132 valence electrons. The average molecular weight is 334 g/mol. The van der Waals surface area contributed by atoms with Crippen LogP contribution in [0.1, 0.15) is 49.8 Å². The zero-order chi connectivity index (χ0) is 17.4. The zero-order valence-corrected chi connectivity index (χ0v) is 14.9. The minimum absolute atomic E-state index is 0.0645. The lowest BCUT2D eigenvalue weighted by atomic mass is 10.0. The normalized spacial score (nSPS) is 20.4. The number of piperidine rings is 1. The molecule has 0 saturated carbocycles. The average Bonchev–Trinajstić information content (AvgIpc) is 2.93. The molecule has 7 heteroatoms. The monoisotopic (exact) mass is 334 g/mol. The molecule has 0 radical (unpaired) electrons. The van der Waals surface area contributed by atoms with Gasteiger partial charge >= 0.3 is 0 Å². The van der Waals surface area contributed by atoms with Crippen LogP contribution in [-0.2, 0) is 9.47 Å². The van der Waals surface area contributed by atoms with Gasteiger partial charge in [0.1, 0.15) is 5.69 Å². The van der Waals surface area contributed by atoms with E-state index in [1.165, 1.54) is 0 Å². The number of hydrogen-bond donors (Lipinski definition) is 1. The van der Waals surface area contributed by atoms with E-state index in [0.29, 0.717) is 50.8 Å². The molecule has 3 rings (SSSR count). The summed E-state index contributed by atoms with van der Waals surface area (Å²) in [7, 11) is 0.